The third-order valence-electron chi connectivity index (χ3n) is 4.73. The molecule has 0 radical (unpaired) electrons. The molecule has 0 unspecified atom stereocenters. The van der Waals surface area contributed by atoms with Gasteiger partial charge in [-0.1, -0.05) is 11.3 Å². The normalized spacial score (nSPS) is 15.6. The number of hydrogen-bond acceptors (Lipinski definition) is 6. The summed E-state index contributed by atoms with van der Waals surface area (Å²) in [5.41, 5.74) is 1.06. The Hall–Kier alpha value is -2.56. The number of rotatable bonds is 4. The molecule has 0 saturated carbocycles. The third kappa shape index (κ3) is 4.24. The van der Waals surface area contributed by atoms with Gasteiger partial charge in [-0.05, 0) is 55.3 Å². The molecule has 1 fully saturated rings. The lowest BCUT2D eigenvalue weighted by atomic mass is 10.1. The van der Waals surface area contributed by atoms with Crippen LogP contribution in [0, 0.1) is 5.82 Å². The number of sulfonamides is 1. The summed E-state index contributed by atoms with van der Waals surface area (Å²) >= 11 is 1.11. The first-order chi connectivity index (χ1) is 13.8. The van der Waals surface area contributed by atoms with Crippen LogP contribution in [0.2, 0.25) is 0 Å². The fourth-order valence-electron chi connectivity index (χ4n) is 3.14. The van der Waals surface area contributed by atoms with Gasteiger partial charge in [0, 0.05) is 18.7 Å². The first-order valence-electron chi connectivity index (χ1n) is 8.98. The number of carbonyl (C=O) groups is 1. The largest absolute Gasteiger partial charge is 0.393 e. The van der Waals surface area contributed by atoms with Gasteiger partial charge in [0.2, 0.25) is 0 Å². The Labute approximate surface area is 170 Å². The number of halogens is 1. The van der Waals surface area contributed by atoms with Gasteiger partial charge in [-0.3, -0.25) is 9.52 Å². The molecule has 152 valence electrons. The van der Waals surface area contributed by atoms with Crippen molar-refractivity contribution in [3.8, 4) is 0 Å². The van der Waals surface area contributed by atoms with Crippen LogP contribution in [0.5, 0.6) is 0 Å². The number of nitrogens with one attached hydrogen (secondary N) is 1. The third-order valence-corrected chi connectivity index (χ3v) is 7.15. The standard InChI is InChI=1S/C19H18FN3O4S2/c20-13-2-4-15(5-3-13)29(26,27)22-19-21-16-6-1-12(11-17(16)28-19)18(25)23-9-7-14(24)8-10-23/h1-6,11,14,24H,7-10H2,(H,21,22). The second-order valence-corrected chi connectivity index (χ2v) is 9.50. The van der Waals surface area contributed by atoms with Crippen molar-refractivity contribution in [1.82, 2.24) is 9.88 Å². The second-order valence-electron chi connectivity index (χ2n) is 6.78. The minimum absolute atomic E-state index is 0.0682. The minimum Gasteiger partial charge on any atom is -0.393 e. The Morgan fingerprint density at radius 2 is 1.86 bits per heavy atom. The predicted octanol–water partition coefficient (Wildman–Crippen LogP) is 2.83. The molecular weight excluding hydrogens is 417 g/mol. The number of anilines is 1. The highest BCUT2D eigenvalue weighted by molar-refractivity contribution is 7.93. The van der Waals surface area contributed by atoms with Crippen molar-refractivity contribution in [3.63, 3.8) is 0 Å². The van der Waals surface area contributed by atoms with Crippen LogP contribution >= 0.6 is 11.3 Å². The van der Waals surface area contributed by atoms with Crippen molar-refractivity contribution in [1.29, 1.82) is 0 Å². The SMILES string of the molecule is O=C(c1ccc2nc(NS(=O)(=O)c3ccc(F)cc3)sc2c1)N1CCC(O)CC1. The Balaban J connectivity index is 1.55. The van der Waals surface area contributed by atoms with E-state index in [0.29, 0.717) is 41.7 Å². The zero-order valence-corrected chi connectivity index (χ0v) is 16.8. The molecule has 1 saturated heterocycles. The monoisotopic (exact) mass is 435 g/mol. The first kappa shape index (κ1) is 19.7. The molecule has 4 rings (SSSR count). The van der Waals surface area contributed by atoms with Crippen molar-refractivity contribution < 1.29 is 22.7 Å². The van der Waals surface area contributed by atoms with Gasteiger partial charge < -0.3 is 10.0 Å². The maximum absolute atomic E-state index is 13.0. The molecule has 7 nitrogen and oxygen atoms in total. The highest BCUT2D eigenvalue weighted by atomic mass is 32.2. The summed E-state index contributed by atoms with van der Waals surface area (Å²) in [7, 11) is -3.89. The van der Waals surface area contributed by atoms with Gasteiger partial charge in [-0.15, -0.1) is 0 Å². The van der Waals surface area contributed by atoms with Gasteiger partial charge in [-0.2, -0.15) is 0 Å². The van der Waals surface area contributed by atoms with E-state index >= 15 is 0 Å². The van der Waals surface area contributed by atoms with Crippen LogP contribution < -0.4 is 4.72 Å². The topological polar surface area (TPSA) is 99.6 Å². The van der Waals surface area contributed by atoms with Crippen molar-refractivity contribution in [3.05, 3.63) is 53.8 Å². The quantitative estimate of drug-likeness (QED) is 0.657. The summed E-state index contributed by atoms with van der Waals surface area (Å²) < 4.78 is 41.0. The number of hydrogen-bond donors (Lipinski definition) is 2. The summed E-state index contributed by atoms with van der Waals surface area (Å²) in [6, 6.07) is 9.53. The lowest BCUT2D eigenvalue weighted by molar-refractivity contribution is 0.0546. The van der Waals surface area contributed by atoms with Crippen LogP contribution in [0.4, 0.5) is 9.52 Å². The van der Waals surface area contributed by atoms with Gasteiger partial charge in [-0.25, -0.2) is 17.8 Å². The Morgan fingerprint density at radius 1 is 1.17 bits per heavy atom. The summed E-state index contributed by atoms with van der Waals surface area (Å²) in [6.07, 6.45) is 0.757. The molecule has 1 aliphatic heterocycles. The molecule has 0 atom stereocenters. The van der Waals surface area contributed by atoms with Gasteiger partial charge in [0.1, 0.15) is 5.82 Å². The first-order valence-corrected chi connectivity index (χ1v) is 11.3. The van der Waals surface area contributed by atoms with Crippen LogP contribution in [0.3, 0.4) is 0 Å². The second kappa shape index (κ2) is 7.69. The number of thiazole rings is 1. The molecule has 1 aliphatic rings. The van der Waals surface area contributed by atoms with Crippen LogP contribution in [0.25, 0.3) is 10.2 Å². The molecular formula is C19H18FN3O4S2. The maximum atomic E-state index is 13.0. The number of carbonyl (C=O) groups excluding carboxylic acids is 1. The summed E-state index contributed by atoms with van der Waals surface area (Å²) in [4.78, 5) is 18.6. The van der Waals surface area contributed by atoms with Crippen LogP contribution in [0.1, 0.15) is 23.2 Å². The van der Waals surface area contributed by atoms with Gasteiger partial charge in [0.05, 0.1) is 21.2 Å². The van der Waals surface area contributed by atoms with E-state index in [1.807, 2.05) is 0 Å². The Morgan fingerprint density at radius 3 is 2.55 bits per heavy atom. The molecule has 10 heteroatoms. The van der Waals surface area contributed by atoms with Crippen molar-refractivity contribution in [2.45, 2.75) is 23.8 Å². The molecule has 1 aromatic heterocycles. The lowest BCUT2D eigenvalue weighted by Gasteiger charge is -2.29. The number of fused-ring (bicyclic) bond motifs is 1. The minimum atomic E-state index is -3.89. The van der Waals surface area contributed by atoms with E-state index in [4.69, 9.17) is 0 Å². The molecule has 2 aromatic carbocycles. The van der Waals surface area contributed by atoms with Crippen molar-refractivity contribution in [2.24, 2.45) is 0 Å². The van der Waals surface area contributed by atoms with Gasteiger partial charge >= 0.3 is 0 Å². The van der Waals surface area contributed by atoms with E-state index in [9.17, 15) is 22.7 Å². The van der Waals surface area contributed by atoms with Crippen LogP contribution in [0.15, 0.2) is 47.4 Å². The van der Waals surface area contributed by atoms with E-state index < -0.39 is 15.8 Å². The number of aliphatic hydroxyl groups is 1. The van der Waals surface area contributed by atoms with E-state index in [1.54, 1.807) is 23.1 Å². The van der Waals surface area contributed by atoms with Crippen LogP contribution in [-0.4, -0.2) is 48.5 Å². The Kier molecular flexibility index (Phi) is 5.24. The molecule has 0 aliphatic carbocycles. The summed E-state index contributed by atoms with van der Waals surface area (Å²) in [6.45, 7) is 1.01. The fraction of sp³-hybridized carbons (Fsp3) is 0.263. The number of piperidine rings is 1. The van der Waals surface area contributed by atoms with E-state index in [-0.39, 0.29) is 22.0 Å². The smallest absolute Gasteiger partial charge is 0.263 e. The number of nitrogens with zero attached hydrogens (tertiary/aromatic N) is 2. The van der Waals surface area contributed by atoms with Gasteiger partial charge in [0.15, 0.2) is 5.13 Å². The molecule has 2 heterocycles. The van der Waals surface area contributed by atoms with Crippen molar-refractivity contribution >= 4 is 42.6 Å². The lowest BCUT2D eigenvalue weighted by Crippen LogP contribution is -2.40. The zero-order chi connectivity index (χ0) is 20.6. The molecule has 3 aromatic rings. The molecule has 2 N–H and O–H groups in total. The Bertz CT molecular complexity index is 1150. The predicted molar refractivity (Wildman–Crippen MR) is 108 cm³/mol. The van der Waals surface area contributed by atoms with E-state index in [2.05, 4.69) is 9.71 Å². The average Bonchev–Trinajstić information content (AvgIpc) is 3.09. The van der Waals surface area contributed by atoms with E-state index in [0.717, 1.165) is 23.5 Å². The highest BCUT2D eigenvalue weighted by Crippen LogP contribution is 2.29. The average molecular weight is 436 g/mol. The summed E-state index contributed by atoms with van der Waals surface area (Å²) in [5.74, 6) is -0.648. The maximum Gasteiger partial charge on any atom is 0.263 e. The van der Waals surface area contributed by atoms with Crippen molar-refractivity contribution in [2.75, 3.05) is 17.8 Å². The number of amides is 1. The van der Waals surface area contributed by atoms with Gasteiger partial charge in [0.25, 0.3) is 15.9 Å². The zero-order valence-electron chi connectivity index (χ0n) is 15.2. The summed E-state index contributed by atoms with van der Waals surface area (Å²) in [5, 5.41) is 9.76. The number of benzene rings is 2. The van der Waals surface area contributed by atoms with E-state index in [1.165, 1.54) is 12.1 Å². The number of aliphatic hydroxyl groups excluding tert-OH is 1. The van der Waals surface area contributed by atoms with Crippen LogP contribution in [-0.2, 0) is 10.0 Å². The molecule has 0 spiro atoms. The highest BCUT2D eigenvalue weighted by Gasteiger charge is 2.23. The number of likely N-dealkylation sites (tertiary alicyclic amines) is 1. The molecule has 0 bridgehead atoms. The number of aromatic nitrogens is 1. The molecule has 1 amide bonds. The fourth-order valence-corrected chi connectivity index (χ4v) is 5.28. The molecule has 29 heavy (non-hydrogen) atoms.